The van der Waals surface area contributed by atoms with E-state index >= 15 is 0 Å². The summed E-state index contributed by atoms with van der Waals surface area (Å²) in [7, 11) is 0. The Morgan fingerprint density at radius 3 is 1.85 bits per heavy atom. The first-order valence-corrected chi connectivity index (χ1v) is 5.65. The highest BCUT2D eigenvalue weighted by molar-refractivity contribution is 4.74. The van der Waals surface area contributed by atoms with Gasteiger partial charge < -0.3 is 5.32 Å². The molecule has 1 atom stereocenters. The average molecular weight is 185 g/mol. The van der Waals surface area contributed by atoms with Crippen LogP contribution in [0.4, 0.5) is 0 Å². The third-order valence-electron chi connectivity index (χ3n) is 2.81. The van der Waals surface area contributed by atoms with Gasteiger partial charge in [0.1, 0.15) is 0 Å². The molecule has 0 fully saturated rings. The van der Waals surface area contributed by atoms with Crippen LogP contribution in [0.5, 0.6) is 0 Å². The van der Waals surface area contributed by atoms with Crippen LogP contribution in [0.3, 0.4) is 0 Å². The van der Waals surface area contributed by atoms with Crippen LogP contribution in [-0.4, -0.2) is 12.1 Å². The lowest BCUT2D eigenvalue weighted by molar-refractivity contribution is 0.290. The van der Waals surface area contributed by atoms with Gasteiger partial charge in [0.2, 0.25) is 0 Å². The monoisotopic (exact) mass is 185 g/mol. The van der Waals surface area contributed by atoms with E-state index in [2.05, 4.69) is 46.9 Å². The Morgan fingerprint density at radius 1 is 1.08 bits per heavy atom. The molecule has 0 heterocycles. The zero-order valence-corrected chi connectivity index (χ0v) is 10.3. The summed E-state index contributed by atoms with van der Waals surface area (Å²) in [6, 6.07) is 0. The van der Waals surface area contributed by atoms with Crippen LogP contribution in [0.25, 0.3) is 0 Å². The number of hydrogen-bond acceptors (Lipinski definition) is 1. The van der Waals surface area contributed by atoms with E-state index in [0.717, 1.165) is 18.4 Å². The van der Waals surface area contributed by atoms with Crippen molar-refractivity contribution in [1.29, 1.82) is 0 Å². The fourth-order valence-corrected chi connectivity index (χ4v) is 1.73. The molecule has 0 spiro atoms. The molecule has 13 heavy (non-hydrogen) atoms. The minimum Gasteiger partial charge on any atom is -0.312 e. The van der Waals surface area contributed by atoms with Gasteiger partial charge in [-0.2, -0.15) is 0 Å². The largest absolute Gasteiger partial charge is 0.312 e. The van der Waals surface area contributed by atoms with E-state index in [9.17, 15) is 0 Å². The molecule has 0 saturated heterocycles. The fourth-order valence-electron chi connectivity index (χ4n) is 1.73. The van der Waals surface area contributed by atoms with Gasteiger partial charge in [-0.15, -0.1) is 0 Å². The predicted octanol–water partition coefficient (Wildman–Crippen LogP) is 3.45. The van der Waals surface area contributed by atoms with E-state index in [1.165, 1.54) is 12.8 Å². The molecular weight excluding hydrogens is 158 g/mol. The van der Waals surface area contributed by atoms with E-state index in [4.69, 9.17) is 0 Å². The summed E-state index contributed by atoms with van der Waals surface area (Å²) in [5.41, 5.74) is 0.264. The third kappa shape index (κ3) is 6.09. The van der Waals surface area contributed by atoms with Gasteiger partial charge in [0.25, 0.3) is 0 Å². The Morgan fingerprint density at radius 2 is 1.54 bits per heavy atom. The maximum absolute atomic E-state index is 3.57. The van der Waals surface area contributed by atoms with Crippen molar-refractivity contribution >= 4 is 0 Å². The topological polar surface area (TPSA) is 12.0 Å². The first-order valence-electron chi connectivity index (χ1n) is 5.65. The summed E-state index contributed by atoms with van der Waals surface area (Å²) in [4.78, 5) is 0. The summed E-state index contributed by atoms with van der Waals surface area (Å²) in [5.74, 6) is 1.68. The summed E-state index contributed by atoms with van der Waals surface area (Å²) in [6.45, 7) is 14.8. The smallest absolute Gasteiger partial charge is 0.00966 e. The highest BCUT2D eigenvalue weighted by Gasteiger charge is 2.16. The summed E-state index contributed by atoms with van der Waals surface area (Å²) in [6.07, 6.45) is 2.62. The normalized spacial score (nSPS) is 15.0. The standard InChI is InChI=1S/C12H27N/c1-7-11(8-2)10(3)9-13-12(4,5)6/h10-11,13H,7-9H2,1-6H3. The van der Waals surface area contributed by atoms with Gasteiger partial charge >= 0.3 is 0 Å². The van der Waals surface area contributed by atoms with E-state index < -0.39 is 0 Å². The van der Waals surface area contributed by atoms with Crippen LogP contribution in [0.15, 0.2) is 0 Å². The highest BCUT2D eigenvalue weighted by atomic mass is 14.9. The molecule has 0 aromatic rings. The van der Waals surface area contributed by atoms with Crippen molar-refractivity contribution in [3.63, 3.8) is 0 Å². The van der Waals surface area contributed by atoms with Gasteiger partial charge in [-0.3, -0.25) is 0 Å². The van der Waals surface area contributed by atoms with Crippen molar-refractivity contribution in [3.05, 3.63) is 0 Å². The van der Waals surface area contributed by atoms with Gasteiger partial charge in [0, 0.05) is 5.54 Å². The first-order chi connectivity index (χ1) is 5.90. The van der Waals surface area contributed by atoms with E-state index in [-0.39, 0.29) is 5.54 Å². The SMILES string of the molecule is CCC(CC)C(C)CNC(C)(C)C. The molecule has 80 valence electrons. The molecule has 1 heteroatoms. The third-order valence-corrected chi connectivity index (χ3v) is 2.81. The zero-order valence-electron chi connectivity index (χ0n) is 10.3. The van der Waals surface area contributed by atoms with Crippen LogP contribution in [0.2, 0.25) is 0 Å². The van der Waals surface area contributed by atoms with Crippen molar-refractivity contribution in [3.8, 4) is 0 Å². The summed E-state index contributed by atoms with van der Waals surface area (Å²) in [5, 5.41) is 3.57. The molecule has 0 amide bonds. The number of nitrogens with one attached hydrogen (secondary N) is 1. The molecular formula is C12H27N. The van der Waals surface area contributed by atoms with Gasteiger partial charge in [0.05, 0.1) is 0 Å². The number of hydrogen-bond donors (Lipinski definition) is 1. The van der Waals surface area contributed by atoms with E-state index in [1.807, 2.05) is 0 Å². The van der Waals surface area contributed by atoms with Gasteiger partial charge in [-0.25, -0.2) is 0 Å². The summed E-state index contributed by atoms with van der Waals surface area (Å²) < 4.78 is 0. The molecule has 0 bridgehead atoms. The average Bonchev–Trinajstić information content (AvgIpc) is 2.02. The number of rotatable bonds is 5. The van der Waals surface area contributed by atoms with Crippen molar-refractivity contribution in [1.82, 2.24) is 5.32 Å². The van der Waals surface area contributed by atoms with Crippen LogP contribution < -0.4 is 5.32 Å². The predicted molar refractivity (Wildman–Crippen MR) is 61.0 cm³/mol. The fraction of sp³-hybridized carbons (Fsp3) is 1.00. The van der Waals surface area contributed by atoms with Crippen molar-refractivity contribution in [2.24, 2.45) is 11.8 Å². The Balaban J connectivity index is 3.78. The second-order valence-electron chi connectivity index (χ2n) is 5.18. The molecule has 0 aromatic carbocycles. The van der Waals surface area contributed by atoms with Crippen LogP contribution >= 0.6 is 0 Å². The molecule has 1 unspecified atom stereocenters. The molecule has 1 nitrogen and oxygen atoms in total. The maximum Gasteiger partial charge on any atom is 0.00966 e. The van der Waals surface area contributed by atoms with E-state index in [1.54, 1.807) is 0 Å². The second-order valence-corrected chi connectivity index (χ2v) is 5.18. The van der Waals surface area contributed by atoms with Crippen LogP contribution in [-0.2, 0) is 0 Å². The lowest BCUT2D eigenvalue weighted by Crippen LogP contribution is -2.40. The Labute approximate surface area is 84.3 Å². The highest BCUT2D eigenvalue weighted by Crippen LogP contribution is 2.18. The maximum atomic E-state index is 3.57. The Bertz CT molecular complexity index is 120. The van der Waals surface area contributed by atoms with Crippen LogP contribution in [0, 0.1) is 11.8 Å². The molecule has 0 aromatic heterocycles. The minimum absolute atomic E-state index is 0.264. The van der Waals surface area contributed by atoms with Crippen molar-refractivity contribution < 1.29 is 0 Å². The summed E-state index contributed by atoms with van der Waals surface area (Å²) >= 11 is 0. The van der Waals surface area contributed by atoms with Gasteiger partial charge in [-0.1, -0.05) is 33.6 Å². The molecule has 0 aliphatic heterocycles. The quantitative estimate of drug-likeness (QED) is 0.692. The van der Waals surface area contributed by atoms with Crippen molar-refractivity contribution in [2.75, 3.05) is 6.54 Å². The second kappa shape index (κ2) is 5.64. The van der Waals surface area contributed by atoms with Crippen molar-refractivity contribution in [2.45, 2.75) is 59.9 Å². The molecule has 0 saturated carbocycles. The Kier molecular flexibility index (Phi) is 5.62. The molecule has 0 aliphatic rings. The van der Waals surface area contributed by atoms with Crippen LogP contribution in [0.1, 0.15) is 54.4 Å². The lowest BCUT2D eigenvalue weighted by atomic mass is 9.89. The lowest BCUT2D eigenvalue weighted by Gasteiger charge is -2.27. The Hall–Kier alpha value is -0.0400. The van der Waals surface area contributed by atoms with Gasteiger partial charge in [0.15, 0.2) is 0 Å². The minimum atomic E-state index is 0.264. The first kappa shape index (κ1) is 13.0. The molecule has 0 aliphatic carbocycles. The zero-order chi connectivity index (χ0) is 10.5. The van der Waals surface area contributed by atoms with E-state index in [0.29, 0.717) is 0 Å². The molecule has 0 radical (unpaired) electrons. The molecule has 0 rings (SSSR count). The molecule has 1 N–H and O–H groups in total. The van der Waals surface area contributed by atoms with Gasteiger partial charge in [-0.05, 0) is 39.2 Å².